The SMILES string of the molecule is CCCCCCCCCCCCCCCCOC(=O)CCCCC(=O)OCCCCC. The molecule has 0 aliphatic rings. The molecule has 0 bridgehead atoms. The van der Waals surface area contributed by atoms with E-state index in [1.54, 1.807) is 0 Å². The summed E-state index contributed by atoms with van der Waals surface area (Å²) in [6.07, 6.45) is 23.9. The van der Waals surface area contributed by atoms with Gasteiger partial charge in [-0.2, -0.15) is 0 Å². The van der Waals surface area contributed by atoms with Gasteiger partial charge in [-0.15, -0.1) is 0 Å². The third kappa shape index (κ3) is 25.1. The molecular formula is C27H52O4. The Morgan fingerprint density at radius 3 is 1.10 bits per heavy atom. The van der Waals surface area contributed by atoms with E-state index in [9.17, 15) is 9.59 Å². The standard InChI is InChI=1S/C27H52O4/c1-3-5-7-8-9-10-11-12-13-14-15-16-17-21-25-31-27(29)23-19-18-22-26(28)30-24-20-6-4-2/h3-25H2,1-2H3. The van der Waals surface area contributed by atoms with Crippen LogP contribution in [0.2, 0.25) is 0 Å². The van der Waals surface area contributed by atoms with Gasteiger partial charge in [0.2, 0.25) is 0 Å². The van der Waals surface area contributed by atoms with Crippen LogP contribution in [0.15, 0.2) is 0 Å². The van der Waals surface area contributed by atoms with Gasteiger partial charge in [0, 0.05) is 12.8 Å². The van der Waals surface area contributed by atoms with E-state index in [1.807, 2.05) is 0 Å². The van der Waals surface area contributed by atoms with Crippen LogP contribution in [-0.4, -0.2) is 25.2 Å². The van der Waals surface area contributed by atoms with Crippen LogP contribution in [0.3, 0.4) is 0 Å². The maximum atomic E-state index is 11.7. The van der Waals surface area contributed by atoms with Gasteiger partial charge in [0.25, 0.3) is 0 Å². The predicted molar refractivity (Wildman–Crippen MR) is 130 cm³/mol. The summed E-state index contributed by atoms with van der Waals surface area (Å²) in [5.74, 6) is -0.280. The van der Waals surface area contributed by atoms with Crippen molar-refractivity contribution in [1.82, 2.24) is 0 Å². The maximum absolute atomic E-state index is 11.7. The Bertz CT molecular complexity index is 395. The first kappa shape index (κ1) is 29.9. The number of carbonyl (C=O) groups excluding carboxylic acids is 2. The second-order valence-electron chi connectivity index (χ2n) is 8.95. The Morgan fingerprint density at radius 1 is 0.419 bits per heavy atom. The summed E-state index contributed by atoms with van der Waals surface area (Å²) in [4.78, 5) is 23.3. The molecule has 0 N–H and O–H groups in total. The number of rotatable bonds is 24. The first-order valence-corrected chi connectivity index (χ1v) is 13.5. The number of ether oxygens (including phenoxy) is 2. The summed E-state index contributed by atoms with van der Waals surface area (Å²) in [6.45, 7) is 5.46. The molecule has 0 aliphatic carbocycles. The summed E-state index contributed by atoms with van der Waals surface area (Å²) in [7, 11) is 0. The van der Waals surface area contributed by atoms with E-state index in [1.165, 1.54) is 77.0 Å². The van der Waals surface area contributed by atoms with Gasteiger partial charge in [-0.1, -0.05) is 110 Å². The van der Waals surface area contributed by atoms with Crippen LogP contribution in [0, 0.1) is 0 Å². The smallest absolute Gasteiger partial charge is 0.305 e. The zero-order valence-electron chi connectivity index (χ0n) is 20.9. The lowest BCUT2D eigenvalue weighted by atomic mass is 10.0. The molecule has 0 aromatic rings. The highest BCUT2D eigenvalue weighted by atomic mass is 16.5. The summed E-state index contributed by atoms with van der Waals surface area (Å²) in [5.41, 5.74) is 0. The van der Waals surface area contributed by atoms with Crippen LogP contribution in [0.5, 0.6) is 0 Å². The van der Waals surface area contributed by atoms with Gasteiger partial charge in [-0.25, -0.2) is 0 Å². The minimum atomic E-state index is -0.146. The molecule has 0 saturated heterocycles. The molecule has 0 unspecified atom stereocenters. The zero-order chi connectivity index (χ0) is 22.8. The molecule has 31 heavy (non-hydrogen) atoms. The fraction of sp³-hybridized carbons (Fsp3) is 0.926. The first-order valence-electron chi connectivity index (χ1n) is 13.5. The Labute approximate surface area is 193 Å². The van der Waals surface area contributed by atoms with Crippen molar-refractivity contribution in [3.63, 3.8) is 0 Å². The van der Waals surface area contributed by atoms with Gasteiger partial charge >= 0.3 is 11.9 Å². The molecule has 184 valence electrons. The van der Waals surface area contributed by atoms with Gasteiger partial charge in [0.1, 0.15) is 0 Å². The number of hydrogen-bond acceptors (Lipinski definition) is 4. The molecule has 0 saturated carbocycles. The molecule has 0 amide bonds. The zero-order valence-corrected chi connectivity index (χ0v) is 20.9. The van der Waals surface area contributed by atoms with E-state index in [2.05, 4.69) is 13.8 Å². The molecule has 0 atom stereocenters. The van der Waals surface area contributed by atoms with Crippen LogP contribution >= 0.6 is 0 Å². The van der Waals surface area contributed by atoms with Crippen molar-refractivity contribution >= 4 is 11.9 Å². The van der Waals surface area contributed by atoms with Crippen LogP contribution in [0.25, 0.3) is 0 Å². The van der Waals surface area contributed by atoms with E-state index in [-0.39, 0.29) is 11.9 Å². The first-order chi connectivity index (χ1) is 15.2. The molecule has 0 spiro atoms. The Morgan fingerprint density at radius 2 is 0.710 bits per heavy atom. The molecular weight excluding hydrogens is 388 g/mol. The van der Waals surface area contributed by atoms with E-state index < -0.39 is 0 Å². The number of hydrogen-bond donors (Lipinski definition) is 0. The maximum Gasteiger partial charge on any atom is 0.305 e. The molecule has 0 rings (SSSR count). The van der Waals surface area contributed by atoms with E-state index in [0.717, 1.165) is 32.1 Å². The minimum absolute atomic E-state index is 0.133. The van der Waals surface area contributed by atoms with Crippen molar-refractivity contribution in [1.29, 1.82) is 0 Å². The predicted octanol–water partition coefficient (Wildman–Crippen LogP) is 8.30. The van der Waals surface area contributed by atoms with E-state index >= 15 is 0 Å². The third-order valence-electron chi connectivity index (χ3n) is 5.78. The summed E-state index contributed by atoms with van der Waals surface area (Å²) >= 11 is 0. The lowest BCUT2D eigenvalue weighted by Gasteiger charge is -2.06. The van der Waals surface area contributed by atoms with Crippen molar-refractivity contribution < 1.29 is 19.1 Å². The lowest BCUT2D eigenvalue weighted by Crippen LogP contribution is -2.08. The van der Waals surface area contributed by atoms with Gasteiger partial charge in [-0.05, 0) is 25.7 Å². The van der Waals surface area contributed by atoms with Crippen LogP contribution in [-0.2, 0) is 19.1 Å². The summed E-state index contributed by atoms with van der Waals surface area (Å²) in [6, 6.07) is 0. The van der Waals surface area contributed by atoms with Crippen LogP contribution in [0.1, 0.15) is 149 Å². The monoisotopic (exact) mass is 440 g/mol. The highest BCUT2D eigenvalue weighted by Crippen LogP contribution is 2.13. The fourth-order valence-electron chi connectivity index (χ4n) is 3.70. The highest BCUT2D eigenvalue weighted by Gasteiger charge is 2.06. The molecule has 4 nitrogen and oxygen atoms in total. The fourth-order valence-corrected chi connectivity index (χ4v) is 3.70. The van der Waals surface area contributed by atoms with Crippen molar-refractivity contribution in [3.05, 3.63) is 0 Å². The van der Waals surface area contributed by atoms with Gasteiger partial charge in [0.05, 0.1) is 13.2 Å². The largest absolute Gasteiger partial charge is 0.466 e. The topological polar surface area (TPSA) is 52.6 Å². The second-order valence-corrected chi connectivity index (χ2v) is 8.95. The lowest BCUT2D eigenvalue weighted by molar-refractivity contribution is -0.146. The van der Waals surface area contributed by atoms with Crippen molar-refractivity contribution in [2.24, 2.45) is 0 Å². The van der Waals surface area contributed by atoms with Crippen LogP contribution in [0.4, 0.5) is 0 Å². The van der Waals surface area contributed by atoms with Gasteiger partial charge in [-0.3, -0.25) is 9.59 Å². The van der Waals surface area contributed by atoms with Crippen LogP contribution < -0.4 is 0 Å². The molecule has 0 heterocycles. The number of unbranched alkanes of at least 4 members (excludes halogenated alkanes) is 16. The second kappa shape index (κ2) is 25.2. The molecule has 0 aromatic heterocycles. The quantitative estimate of drug-likeness (QED) is 0.112. The summed E-state index contributed by atoms with van der Waals surface area (Å²) < 4.78 is 10.4. The van der Waals surface area contributed by atoms with Crippen molar-refractivity contribution in [2.45, 2.75) is 149 Å². The Balaban J connectivity index is 3.23. The molecule has 0 aromatic carbocycles. The van der Waals surface area contributed by atoms with E-state index in [0.29, 0.717) is 38.9 Å². The van der Waals surface area contributed by atoms with E-state index in [4.69, 9.17) is 9.47 Å². The highest BCUT2D eigenvalue weighted by molar-refractivity contribution is 5.70. The average molecular weight is 441 g/mol. The molecule has 0 fully saturated rings. The minimum Gasteiger partial charge on any atom is -0.466 e. The number of carbonyl (C=O) groups is 2. The average Bonchev–Trinajstić information content (AvgIpc) is 2.77. The Kier molecular flexibility index (Phi) is 24.3. The van der Waals surface area contributed by atoms with Gasteiger partial charge < -0.3 is 9.47 Å². The van der Waals surface area contributed by atoms with Gasteiger partial charge in [0.15, 0.2) is 0 Å². The molecule has 0 aliphatic heterocycles. The third-order valence-corrected chi connectivity index (χ3v) is 5.78. The van der Waals surface area contributed by atoms with Crippen molar-refractivity contribution in [3.8, 4) is 0 Å². The van der Waals surface area contributed by atoms with Crippen molar-refractivity contribution in [2.75, 3.05) is 13.2 Å². The number of esters is 2. The molecule has 0 radical (unpaired) electrons. The Hall–Kier alpha value is -1.06. The molecule has 4 heteroatoms. The summed E-state index contributed by atoms with van der Waals surface area (Å²) in [5, 5.41) is 0. The normalized spacial score (nSPS) is 10.9.